The van der Waals surface area contributed by atoms with Gasteiger partial charge in [0.2, 0.25) is 5.89 Å². The van der Waals surface area contributed by atoms with Gasteiger partial charge in [0.15, 0.2) is 5.78 Å². The molecule has 0 aliphatic carbocycles. The summed E-state index contributed by atoms with van der Waals surface area (Å²) in [7, 11) is 0. The Morgan fingerprint density at radius 2 is 1.95 bits per heavy atom. The molecule has 0 saturated carbocycles. The normalized spacial score (nSPS) is 12.0. The summed E-state index contributed by atoms with van der Waals surface area (Å²) in [4.78, 5) is 16.3. The fourth-order valence-electron chi connectivity index (χ4n) is 1.91. The van der Waals surface area contributed by atoms with Crippen LogP contribution >= 0.6 is 11.8 Å². The van der Waals surface area contributed by atoms with Crippen LogP contribution in [0.2, 0.25) is 0 Å². The van der Waals surface area contributed by atoms with Crippen LogP contribution in [0.15, 0.2) is 64.5 Å². The number of thioether (sulfide) groups is 1. The second kappa shape index (κ2) is 6.53. The molecule has 1 unspecified atom stereocenters. The van der Waals surface area contributed by atoms with Gasteiger partial charge in [-0.15, -0.1) is 10.2 Å². The number of Topliss-reactive ketones (excluding diaryl/α,β-unsaturated/α-hetero) is 1. The van der Waals surface area contributed by atoms with Crippen molar-refractivity contribution in [2.24, 2.45) is 0 Å². The molecule has 0 aliphatic heterocycles. The number of ketones is 1. The minimum atomic E-state index is -0.301. The highest BCUT2D eigenvalue weighted by Gasteiger charge is 2.19. The lowest BCUT2D eigenvalue weighted by atomic mass is 10.1. The minimum absolute atomic E-state index is 0.0340. The SMILES string of the molecule is CC(Sc1nnc(-c2cccnc2)o1)C(=O)c1ccccc1. The number of carbonyl (C=O) groups is 1. The van der Waals surface area contributed by atoms with E-state index < -0.39 is 0 Å². The standard InChI is InChI=1S/C16H13N3O2S/c1-11(14(20)12-6-3-2-4-7-12)22-16-19-18-15(21-16)13-8-5-9-17-10-13/h2-11H,1H3. The third kappa shape index (κ3) is 3.23. The van der Waals surface area contributed by atoms with Gasteiger partial charge in [0, 0.05) is 18.0 Å². The Bertz CT molecular complexity index is 759. The maximum absolute atomic E-state index is 12.3. The summed E-state index contributed by atoms with van der Waals surface area (Å²) >= 11 is 1.25. The Kier molecular flexibility index (Phi) is 4.29. The average Bonchev–Trinajstić information content (AvgIpc) is 3.04. The number of carbonyl (C=O) groups excluding carboxylic acids is 1. The molecule has 1 atom stereocenters. The molecule has 2 heterocycles. The molecule has 0 fully saturated rings. The first-order valence-electron chi connectivity index (χ1n) is 6.74. The van der Waals surface area contributed by atoms with Crippen LogP contribution in [-0.4, -0.2) is 26.2 Å². The third-order valence-electron chi connectivity index (χ3n) is 3.02. The third-order valence-corrected chi connectivity index (χ3v) is 3.95. The Labute approximate surface area is 131 Å². The van der Waals surface area contributed by atoms with Crippen LogP contribution in [0.25, 0.3) is 11.5 Å². The quantitative estimate of drug-likeness (QED) is 0.530. The van der Waals surface area contributed by atoms with E-state index in [1.54, 1.807) is 30.6 Å². The van der Waals surface area contributed by atoms with Crippen molar-refractivity contribution in [2.75, 3.05) is 0 Å². The summed E-state index contributed by atoms with van der Waals surface area (Å²) in [5.74, 6) is 0.432. The van der Waals surface area contributed by atoms with E-state index in [9.17, 15) is 4.79 Å². The first-order chi connectivity index (χ1) is 10.7. The van der Waals surface area contributed by atoms with Crippen LogP contribution in [0.4, 0.5) is 0 Å². The van der Waals surface area contributed by atoms with Crippen LogP contribution < -0.4 is 0 Å². The molecule has 3 rings (SSSR count). The van der Waals surface area contributed by atoms with E-state index in [0.717, 1.165) is 5.56 Å². The highest BCUT2D eigenvalue weighted by molar-refractivity contribution is 8.00. The molecule has 1 aromatic carbocycles. The minimum Gasteiger partial charge on any atom is -0.411 e. The van der Waals surface area contributed by atoms with Crippen molar-refractivity contribution >= 4 is 17.5 Å². The smallest absolute Gasteiger partial charge is 0.277 e. The molecular formula is C16H13N3O2S. The summed E-state index contributed by atoms with van der Waals surface area (Å²) < 4.78 is 5.57. The van der Waals surface area contributed by atoms with Gasteiger partial charge in [-0.2, -0.15) is 0 Å². The zero-order chi connectivity index (χ0) is 15.4. The molecule has 0 saturated heterocycles. The number of hydrogen-bond acceptors (Lipinski definition) is 6. The lowest BCUT2D eigenvalue weighted by Crippen LogP contribution is -2.13. The summed E-state index contributed by atoms with van der Waals surface area (Å²) in [6, 6.07) is 12.8. The Morgan fingerprint density at radius 1 is 1.14 bits per heavy atom. The van der Waals surface area contributed by atoms with Gasteiger partial charge in [0.25, 0.3) is 5.22 Å². The number of aromatic nitrogens is 3. The second-order valence-electron chi connectivity index (χ2n) is 4.61. The molecule has 5 nitrogen and oxygen atoms in total. The molecular weight excluding hydrogens is 298 g/mol. The zero-order valence-electron chi connectivity index (χ0n) is 11.8. The maximum atomic E-state index is 12.3. The van der Waals surface area contributed by atoms with E-state index in [-0.39, 0.29) is 11.0 Å². The largest absolute Gasteiger partial charge is 0.411 e. The van der Waals surface area contributed by atoms with Gasteiger partial charge in [0.05, 0.1) is 10.8 Å². The molecule has 22 heavy (non-hydrogen) atoms. The summed E-state index contributed by atoms with van der Waals surface area (Å²) in [6.45, 7) is 1.83. The van der Waals surface area contributed by atoms with E-state index in [1.807, 2.05) is 31.2 Å². The lowest BCUT2D eigenvalue weighted by Gasteiger charge is -2.06. The predicted octanol–water partition coefficient (Wildman–Crippen LogP) is 3.50. The van der Waals surface area contributed by atoms with Crippen molar-refractivity contribution in [2.45, 2.75) is 17.4 Å². The molecule has 110 valence electrons. The van der Waals surface area contributed by atoms with Crippen LogP contribution in [0.3, 0.4) is 0 Å². The van der Waals surface area contributed by atoms with Crippen LogP contribution in [0.5, 0.6) is 0 Å². The van der Waals surface area contributed by atoms with Crippen molar-refractivity contribution in [3.05, 3.63) is 60.4 Å². The monoisotopic (exact) mass is 311 g/mol. The first-order valence-corrected chi connectivity index (χ1v) is 7.62. The topological polar surface area (TPSA) is 68.9 Å². The second-order valence-corrected chi connectivity index (χ2v) is 5.90. The number of hydrogen-bond donors (Lipinski definition) is 0. The molecule has 0 aliphatic rings. The molecule has 0 N–H and O–H groups in total. The maximum Gasteiger partial charge on any atom is 0.277 e. The molecule has 0 spiro atoms. The first kappa shape index (κ1) is 14.5. The number of rotatable bonds is 5. The van der Waals surface area contributed by atoms with Crippen molar-refractivity contribution in [3.63, 3.8) is 0 Å². The van der Waals surface area contributed by atoms with Crippen LogP contribution in [0, 0.1) is 0 Å². The van der Waals surface area contributed by atoms with E-state index in [0.29, 0.717) is 16.7 Å². The van der Waals surface area contributed by atoms with Gasteiger partial charge < -0.3 is 4.42 Å². The zero-order valence-corrected chi connectivity index (χ0v) is 12.7. The van der Waals surface area contributed by atoms with Crippen molar-refractivity contribution in [3.8, 4) is 11.5 Å². The predicted molar refractivity (Wildman–Crippen MR) is 83.6 cm³/mol. The van der Waals surface area contributed by atoms with Crippen molar-refractivity contribution in [1.82, 2.24) is 15.2 Å². The van der Waals surface area contributed by atoms with E-state index >= 15 is 0 Å². The van der Waals surface area contributed by atoms with Gasteiger partial charge in [-0.1, -0.05) is 42.1 Å². The van der Waals surface area contributed by atoms with Gasteiger partial charge in [-0.3, -0.25) is 9.78 Å². The molecule has 6 heteroatoms. The lowest BCUT2D eigenvalue weighted by molar-refractivity contribution is 0.0993. The number of nitrogens with zero attached hydrogens (tertiary/aromatic N) is 3. The van der Waals surface area contributed by atoms with Gasteiger partial charge in [-0.25, -0.2) is 0 Å². The molecule has 2 aromatic heterocycles. The molecule has 0 amide bonds. The Hall–Kier alpha value is -2.47. The molecule has 0 bridgehead atoms. The van der Waals surface area contributed by atoms with Crippen LogP contribution in [0.1, 0.15) is 17.3 Å². The number of pyridine rings is 1. The van der Waals surface area contributed by atoms with Crippen molar-refractivity contribution < 1.29 is 9.21 Å². The fraction of sp³-hybridized carbons (Fsp3) is 0.125. The molecule has 0 radical (unpaired) electrons. The summed E-state index contributed by atoms with van der Waals surface area (Å²) in [5, 5.41) is 8.03. The Morgan fingerprint density at radius 3 is 2.68 bits per heavy atom. The Balaban J connectivity index is 1.71. The van der Waals surface area contributed by atoms with Crippen molar-refractivity contribution in [1.29, 1.82) is 0 Å². The van der Waals surface area contributed by atoms with Gasteiger partial charge in [-0.05, 0) is 19.1 Å². The number of benzene rings is 1. The van der Waals surface area contributed by atoms with E-state index in [4.69, 9.17) is 4.42 Å². The summed E-state index contributed by atoms with van der Waals surface area (Å²) in [5.41, 5.74) is 1.43. The van der Waals surface area contributed by atoms with Gasteiger partial charge in [0.1, 0.15) is 0 Å². The van der Waals surface area contributed by atoms with Crippen LogP contribution in [-0.2, 0) is 0 Å². The average molecular weight is 311 g/mol. The highest BCUT2D eigenvalue weighted by Crippen LogP contribution is 2.27. The van der Waals surface area contributed by atoms with E-state index in [1.165, 1.54) is 11.8 Å². The highest BCUT2D eigenvalue weighted by atomic mass is 32.2. The molecule has 3 aromatic rings. The fourth-order valence-corrected chi connectivity index (χ4v) is 2.67. The summed E-state index contributed by atoms with van der Waals surface area (Å²) in [6.07, 6.45) is 3.33. The van der Waals surface area contributed by atoms with E-state index in [2.05, 4.69) is 15.2 Å². The van der Waals surface area contributed by atoms with Gasteiger partial charge >= 0.3 is 0 Å².